The maximum absolute atomic E-state index is 12.0. The molecule has 1 aromatic rings. The van der Waals surface area contributed by atoms with E-state index >= 15 is 0 Å². The number of ether oxygens (including phenoxy) is 1. The van der Waals surface area contributed by atoms with Crippen molar-refractivity contribution < 1.29 is 14.3 Å². The van der Waals surface area contributed by atoms with Crippen molar-refractivity contribution >= 4 is 17.5 Å². The number of carbonyl (C=O) groups is 2. The summed E-state index contributed by atoms with van der Waals surface area (Å²) in [5, 5.41) is 2.79. The SMILES string of the molecule is COCC(N)C(=O)NC1CC(=O)N(c2ccccc2)C1. The third kappa shape index (κ3) is 3.34. The topological polar surface area (TPSA) is 84.7 Å². The highest BCUT2D eigenvalue weighted by Gasteiger charge is 2.32. The summed E-state index contributed by atoms with van der Waals surface area (Å²) in [6.07, 6.45) is 0.292. The molecule has 20 heavy (non-hydrogen) atoms. The van der Waals surface area contributed by atoms with Crippen LogP contribution in [0.4, 0.5) is 5.69 Å². The molecule has 0 aliphatic carbocycles. The van der Waals surface area contributed by atoms with Crippen molar-refractivity contribution in [2.75, 3.05) is 25.2 Å². The van der Waals surface area contributed by atoms with Gasteiger partial charge < -0.3 is 20.7 Å². The van der Waals surface area contributed by atoms with Crippen molar-refractivity contribution in [3.8, 4) is 0 Å². The largest absolute Gasteiger partial charge is 0.383 e. The number of methoxy groups -OCH3 is 1. The van der Waals surface area contributed by atoms with E-state index in [1.807, 2.05) is 30.3 Å². The zero-order valence-electron chi connectivity index (χ0n) is 11.4. The third-order valence-electron chi connectivity index (χ3n) is 3.22. The molecule has 2 rings (SSSR count). The van der Waals surface area contributed by atoms with Gasteiger partial charge in [0.1, 0.15) is 6.04 Å². The maximum Gasteiger partial charge on any atom is 0.239 e. The Balaban J connectivity index is 1.94. The lowest BCUT2D eigenvalue weighted by molar-refractivity contribution is -0.124. The molecule has 1 aliphatic heterocycles. The Bertz CT molecular complexity index is 478. The normalized spacial score (nSPS) is 20.0. The molecule has 108 valence electrons. The van der Waals surface area contributed by atoms with Gasteiger partial charge in [-0.2, -0.15) is 0 Å². The van der Waals surface area contributed by atoms with Crippen LogP contribution < -0.4 is 16.0 Å². The first kappa shape index (κ1) is 14.5. The van der Waals surface area contributed by atoms with Crippen molar-refractivity contribution in [3.63, 3.8) is 0 Å². The molecule has 0 radical (unpaired) electrons. The van der Waals surface area contributed by atoms with Crippen LogP contribution in [0.5, 0.6) is 0 Å². The van der Waals surface area contributed by atoms with Gasteiger partial charge in [-0.1, -0.05) is 18.2 Å². The molecule has 0 aromatic heterocycles. The summed E-state index contributed by atoms with van der Waals surface area (Å²) in [7, 11) is 1.49. The van der Waals surface area contributed by atoms with Crippen LogP contribution in [0.15, 0.2) is 30.3 Å². The molecule has 3 N–H and O–H groups in total. The van der Waals surface area contributed by atoms with E-state index in [0.29, 0.717) is 13.0 Å². The van der Waals surface area contributed by atoms with Crippen LogP contribution in [0.25, 0.3) is 0 Å². The summed E-state index contributed by atoms with van der Waals surface area (Å²) in [5.74, 6) is -0.290. The molecular weight excluding hydrogens is 258 g/mol. The minimum absolute atomic E-state index is 0.00168. The maximum atomic E-state index is 12.0. The van der Waals surface area contributed by atoms with Gasteiger partial charge in [-0.3, -0.25) is 9.59 Å². The summed E-state index contributed by atoms with van der Waals surface area (Å²) in [6, 6.07) is 8.48. The van der Waals surface area contributed by atoms with Crippen molar-refractivity contribution in [1.82, 2.24) is 5.32 Å². The monoisotopic (exact) mass is 277 g/mol. The first-order valence-electron chi connectivity index (χ1n) is 6.52. The Morgan fingerprint density at radius 1 is 1.50 bits per heavy atom. The van der Waals surface area contributed by atoms with E-state index in [-0.39, 0.29) is 24.5 Å². The van der Waals surface area contributed by atoms with Crippen LogP contribution >= 0.6 is 0 Å². The first-order chi connectivity index (χ1) is 9.61. The van der Waals surface area contributed by atoms with Crippen molar-refractivity contribution in [2.45, 2.75) is 18.5 Å². The summed E-state index contributed by atoms with van der Waals surface area (Å²) >= 11 is 0. The van der Waals surface area contributed by atoms with Crippen LogP contribution in [-0.4, -0.2) is 44.2 Å². The summed E-state index contributed by atoms with van der Waals surface area (Å²) in [5.41, 5.74) is 6.49. The van der Waals surface area contributed by atoms with E-state index in [0.717, 1.165) is 5.69 Å². The molecule has 0 saturated carbocycles. The zero-order chi connectivity index (χ0) is 14.5. The highest BCUT2D eigenvalue weighted by molar-refractivity contribution is 5.97. The number of amides is 2. The van der Waals surface area contributed by atoms with Gasteiger partial charge in [0.15, 0.2) is 0 Å². The smallest absolute Gasteiger partial charge is 0.239 e. The Hall–Kier alpha value is -1.92. The lowest BCUT2D eigenvalue weighted by Crippen LogP contribution is -2.48. The number of para-hydroxylation sites is 1. The molecule has 2 amide bonds. The fourth-order valence-electron chi connectivity index (χ4n) is 2.23. The number of rotatable bonds is 5. The Morgan fingerprint density at radius 2 is 2.20 bits per heavy atom. The van der Waals surface area contributed by atoms with E-state index in [2.05, 4.69) is 5.32 Å². The standard InChI is InChI=1S/C14H19N3O3/c1-20-9-12(15)14(19)16-10-7-13(18)17(8-10)11-5-3-2-4-6-11/h2-6,10,12H,7-9,15H2,1H3,(H,16,19). The van der Waals surface area contributed by atoms with Gasteiger partial charge in [-0.15, -0.1) is 0 Å². The second kappa shape index (κ2) is 6.49. The Morgan fingerprint density at radius 3 is 2.85 bits per heavy atom. The van der Waals surface area contributed by atoms with Gasteiger partial charge in [-0.25, -0.2) is 0 Å². The molecule has 2 unspecified atom stereocenters. The number of nitrogens with one attached hydrogen (secondary N) is 1. The highest BCUT2D eigenvalue weighted by atomic mass is 16.5. The van der Waals surface area contributed by atoms with Crippen molar-refractivity contribution in [1.29, 1.82) is 0 Å². The lowest BCUT2D eigenvalue weighted by Gasteiger charge is -2.18. The van der Waals surface area contributed by atoms with Crippen LogP contribution in [0.2, 0.25) is 0 Å². The fraction of sp³-hybridized carbons (Fsp3) is 0.429. The number of benzene rings is 1. The number of nitrogens with zero attached hydrogens (tertiary/aromatic N) is 1. The summed E-state index contributed by atoms with van der Waals surface area (Å²) in [4.78, 5) is 25.4. The van der Waals surface area contributed by atoms with E-state index in [1.54, 1.807) is 4.90 Å². The molecule has 0 bridgehead atoms. The molecule has 1 aromatic carbocycles. The van der Waals surface area contributed by atoms with E-state index in [9.17, 15) is 9.59 Å². The number of carbonyl (C=O) groups excluding carboxylic acids is 2. The molecule has 1 saturated heterocycles. The van der Waals surface area contributed by atoms with E-state index in [1.165, 1.54) is 7.11 Å². The van der Waals surface area contributed by atoms with Crippen LogP contribution in [-0.2, 0) is 14.3 Å². The molecule has 0 spiro atoms. The third-order valence-corrected chi connectivity index (χ3v) is 3.22. The Labute approximate surface area is 117 Å². The molecule has 1 fully saturated rings. The van der Waals surface area contributed by atoms with Crippen LogP contribution in [0, 0.1) is 0 Å². The molecule has 1 aliphatic rings. The molecular formula is C14H19N3O3. The van der Waals surface area contributed by atoms with Crippen LogP contribution in [0.1, 0.15) is 6.42 Å². The lowest BCUT2D eigenvalue weighted by atomic mass is 10.2. The number of hydrogen-bond acceptors (Lipinski definition) is 4. The number of hydrogen-bond donors (Lipinski definition) is 2. The van der Waals surface area contributed by atoms with Gasteiger partial charge in [0.05, 0.1) is 12.6 Å². The van der Waals surface area contributed by atoms with Gasteiger partial charge in [0, 0.05) is 25.8 Å². The molecule has 6 nitrogen and oxygen atoms in total. The van der Waals surface area contributed by atoms with Gasteiger partial charge in [0.25, 0.3) is 0 Å². The number of nitrogens with two attached hydrogens (primary N) is 1. The second-order valence-electron chi connectivity index (χ2n) is 4.81. The van der Waals surface area contributed by atoms with Gasteiger partial charge in [0.2, 0.25) is 11.8 Å². The first-order valence-corrected chi connectivity index (χ1v) is 6.52. The molecule has 6 heteroatoms. The van der Waals surface area contributed by atoms with E-state index in [4.69, 9.17) is 10.5 Å². The quantitative estimate of drug-likeness (QED) is 0.786. The minimum atomic E-state index is -0.708. The molecule has 1 heterocycles. The zero-order valence-corrected chi connectivity index (χ0v) is 11.4. The number of anilines is 1. The average Bonchev–Trinajstić information content (AvgIpc) is 2.80. The molecule has 2 atom stereocenters. The Kier molecular flexibility index (Phi) is 4.70. The van der Waals surface area contributed by atoms with Crippen molar-refractivity contribution in [3.05, 3.63) is 30.3 Å². The summed E-state index contributed by atoms with van der Waals surface area (Å²) < 4.78 is 4.84. The minimum Gasteiger partial charge on any atom is -0.383 e. The second-order valence-corrected chi connectivity index (χ2v) is 4.81. The average molecular weight is 277 g/mol. The van der Waals surface area contributed by atoms with Crippen LogP contribution in [0.3, 0.4) is 0 Å². The predicted molar refractivity (Wildman–Crippen MR) is 75.2 cm³/mol. The van der Waals surface area contributed by atoms with Gasteiger partial charge in [-0.05, 0) is 12.1 Å². The predicted octanol–water partition coefficient (Wildman–Crippen LogP) is -0.118. The fourth-order valence-corrected chi connectivity index (χ4v) is 2.23. The van der Waals surface area contributed by atoms with E-state index < -0.39 is 6.04 Å². The van der Waals surface area contributed by atoms with Crippen molar-refractivity contribution in [2.24, 2.45) is 5.73 Å². The van der Waals surface area contributed by atoms with Gasteiger partial charge >= 0.3 is 0 Å². The highest BCUT2D eigenvalue weighted by Crippen LogP contribution is 2.20. The summed E-state index contributed by atoms with van der Waals surface area (Å²) in [6.45, 7) is 0.628.